The summed E-state index contributed by atoms with van der Waals surface area (Å²) < 4.78 is 0. The molecule has 116 valence electrons. The van der Waals surface area contributed by atoms with Gasteiger partial charge in [0.25, 0.3) is 0 Å². The Morgan fingerprint density at radius 1 is 1.62 bits per heavy atom. The van der Waals surface area contributed by atoms with Crippen LogP contribution in [0.1, 0.15) is 32.6 Å². The first kappa shape index (κ1) is 15.4. The average molecular weight is 295 g/mol. The van der Waals surface area contributed by atoms with Gasteiger partial charge in [-0.25, -0.2) is 4.98 Å². The third-order valence-electron chi connectivity index (χ3n) is 3.84. The lowest BCUT2D eigenvalue weighted by Crippen LogP contribution is -2.41. The van der Waals surface area contributed by atoms with Gasteiger partial charge in [0.15, 0.2) is 0 Å². The molecule has 1 fully saturated rings. The van der Waals surface area contributed by atoms with Crippen LogP contribution in [0, 0.1) is 16.0 Å². The standard InChI is InChI=1S/C13H21N5O3/c1-9-4-3-5-13(19,6-9)8-16-11-10(18(20)21)7-15-12(14-2)17-11/h7,9,19H,3-6,8H2,1-2H3,(H2,14,15,16,17). The molecule has 0 aromatic carbocycles. The molecule has 0 spiro atoms. The molecule has 1 aliphatic carbocycles. The molecule has 8 nitrogen and oxygen atoms in total. The summed E-state index contributed by atoms with van der Waals surface area (Å²) in [5, 5.41) is 27.2. The second kappa shape index (κ2) is 6.21. The monoisotopic (exact) mass is 295 g/mol. The minimum Gasteiger partial charge on any atom is -0.388 e. The molecule has 1 aromatic heterocycles. The van der Waals surface area contributed by atoms with Gasteiger partial charge in [-0.15, -0.1) is 0 Å². The summed E-state index contributed by atoms with van der Waals surface area (Å²) >= 11 is 0. The van der Waals surface area contributed by atoms with Crippen LogP contribution < -0.4 is 10.6 Å². The molecule has 0 radical (unpaired) electrons. The van der Waals surface area contributed by atoms with E-state index in [-0.39, 0.29) is 18.1 Å². The van der Waals surface area contributed by atoms with Gasteiger partial charge in [0.1, 0.15) is 6.20 Å². The van der Waals surface area contributed by atoms with E-state index in [2.05, 4.69) is 27.5 Å². The van der Waals surface area contributed by atoms with Crippen molar-refractivity contribution in [2.75, 3.05) is 24.2 Å². The summed E-state index contributed by atoms with van der Waals surface area (Å²) in [5.74, 6) is 0.886. The van der Waals surface area contributed by atoms with Crippen LogP contribution in [0.15, 0.2) is 6.20 Å². The molecular formula is C13H21N5O3. The van der Waals surface area contributed by atoms with Crippen LogP contribution >= 0.6 is 0 Å². The first-order valence-corrected chi connectivity index (χ1v) is 7.09. The van der Waals surface area contributed by atoms with E-state index in [4.69, 9.17) is 0 Å². The van der Waals surface area contributed by atoms with Crippen molar-refractivity contribution < 1.29 is 10.0 Å². The number of nitrogens with one attached hydrogen (secondary N) is 2. The maximum absolute atomic E-state index is 11.0. The van der Waals surface area contributed by atoms with E-state index < -0.39 is 10.5 Å². The number of hydrogen-bond donors (Lipinski definition) is 3. The van der Waals surface area contributed by atoms with E-state index in [0.717, 1.165) is 19.0 Å². The van der Waals surface area contributed by atoms with Crippen molar-refractivity contribution in [1.29, 1.82) is 0 Å². The van der Waals surface area contributed by atoms with Gasteiger partial charge in [-0.2, -0.15) is 4.98 Å². The molecule has 1 aliphatic rings. The van der Waals surface area contributed by atoms with Gasteiger partial charge in [0.05, 0.1) is 10.5 Å². The highest BCUT2D eigenvalue weighted by Gasteiger charge is 2.33. The molecule has 21 heavy (non-hydrogen) atoms. The van der Waals surface area contributed by atoms with Gasteiger partial charge in [-0.3, -0.25) is 10.1 Å². The molecule has 2 rings (SSSR count). The summed E-state index contributed by atoms with van der Waals surface area (Å²) in [6.07, 6.45) is 4.63. The van der Waals surface area contributed by atoms with Gasteiger partial charge < -0.3 is 15.7 Å². The van der Waals surface area contributed by atoms with Gasteiger partial charge >= 0.3 is 5.69 Å². The molecule has 2 atom stereocenters. The molecule has 8 heteroatoms. The Hall–Kier alpha value is -1.96. The molecule has 0 saturated heterocycles. The maximum Gasteiger partial charge on any atom is 0.329 e. The van der Waals surface area contributed by atoms with Crippen molar-refractivity contribution in [2.45, 2.75) is 38.2 Å². The zero-order chi connectivity index (χ0) is 15.5. The average Bonchev–Trinajstić information content (AvgIpc) is 2.44. The first-order chi connectivity index (χ1) is 9.93. The van der Waals surface area contributed by atoms with E-state index in [1.54, 1.807) is 7.05 Å². The summed E-state index contributed by atoms with van der Waals surface area (Å²) in [6.45, 7) is 2.36. The fourth-order valence-corrected chi connectivity index (χ4v) is 2.80. The van der Waals surface area contributed by atoms with Crippen LogP contribution in [0.5, 0.6) is 0 Å². The van der Waals surface area contributed by atoms with E-state index >= 15 is 0 Å². The van der Waals surface area contributed by atoms with Crippen LogP contribution in [-0.2, 0) is 0 Å². The van der Waals surface area contributed by atoms with Crippen LogP contribution in [0.25, 0.3) is 0 Å². The second-order valence-corrected chi connectivity index (χ2v) is 5.71. The Kier molecular flexibility index (Phi) is 4.56. The number of aliphatic hydroxyl groups is 1. The number of nitro groups is 1. The normalized spacial score (nSPS) is 25.4. The van der Waals surface area contributed by atoms with Gasteiger partial charge in [0.2, 0.25) is 11.8 Å². The molecule has 0 aliphatic heterocycles. The number of rotatable bonds is 5. The van der Waals surface area contributed by atoms with E-state index in [0.29, 0.717) is 24.7 Å². The fraction of sp³-hybridized carbons (Fsp3) is 0.692. The van der Waals surface area contributed by atoms with Crippen LogP contribution in [0.2, 0.25) is 0 Å². The Bertz CT molecular complexity index is 525. The minimum atomic E-state index is -0.837. The molecule has 1 heterocycles. The lowest BCUT2D eigenvalue weighted by molar-refractivity contribution is -0.384. The molecule has 0 bridgehead atoms. The Morgan fingerprint density at radius 3 is 3.00 bits per heavy atom. The summed E-state index contributed by atoms with van der Waals surface area (Å²) in [4.78, 5) is 18.4. The third kappa shape index (κ3) is 3.78. The fourth-order valence-electron chi connectivity index (χ4n) is 2.80. The predicted molar refractivity (Wildman–Crippen MR) is 79.3 cm³/mol. The van der Waals surface area contributed by atoms with Crippen LogP contribution in [0.4, 0.5) is 17.5 Å². The third-order valence-corrected chi connectivity index (χ3v) is 3.84. The molecule has 1 aromatic rings. The first-order valence-electron chi connectivity index (χ1n) is 7.09. The van der Waals surface area contributed by atoms with Crippen molar-refractivity contribution in [1.82, 2.24) is 9.97 Å². The molecule has 0 amide bonds. The van der Waals surface area contributed by atoms with Crippen molar-refractivity contribution in [3.8, 4) is 0 Å². The van der Waals surface area contributed by atoms with Crippen molar-refractivity contribution >= 4 is 17.5 Å². The van der Waals surface area contributed by atoms with Crippen molar-refractivity contribution in [3.05, 3.63) is 16.3 Å². The van der Waals surface area contributed by atoms with Crippen molar-refractivity contribution in [2.24, 2.45) is 5.92 Å². The van der Waals surface area contributed by atoms with Crippen LogP contribution in [0.3, 0.4) is 0 Å². The number of nitrogens with zero attached hydrogens (tertiary/aromatic N) is 3. The molecule has 3 N–H and O–H groups in total. The zero-order valence-corrected chi connectivity index (χ0v) is 12.3. The van der Waals surface area contributed by atoms with E-state index in [9.17, 15) is 15.2 Å². The minimum absolute atomic E-state index is 0.131. The van der Waals surface area contributed by atoms with Crippen molar-refractivity contribution in [3.63, 3.8) is 0 Å². The Balaban J connectivity index is 2.13. The summed E-state index contributed by atoms with van der Waals surface area (Å²) in [7, 11) is 1.64. The topological polar surface area (TPSA) is 113 Å². The zero-order valence-electron chi connectivity index (χ0n) is 12.3. The predicted octanol–water partition coefficient (Wildman–Crippen LogP) is 1.78. The number of hydrogen-bond acceptors (Lipinski definition) is 7. The number of aromatic nitrogens is 2. The molecule has 2 unspecified atom stereocenters. The number of anilines is 2. The van der Waals surface area contributed by atoms with Gasteiger partial charge in [0, 0.05) is 13.6 Å². The van der Waals surface area contributed by atoms with E-state index in [1.165, 1.54) is 0 Å². The molecule has 1 saturated carbocycles. The Morgan fingerprint density at radius 2 is 2.38 bits per heavy atom. The SMILES string of the molecule is CNc1ncc([N+](=O)[O-])c(NCC2(O)CCCC(C)C2)n1. The maximum atomic E-state index is 11.0. The molecular weight excluding hydrogens is 274 g/mol. The largest absolute Gasteiger partial charge is 0.388 e. The highest BCUT2D eigenvalue weighted by atomic mass is 16.6. The van der Waals surface area contributed by atoms with Gasteiger partial charge in [-0.05, 0) is 18.8 Å². The summed E-state index contributed by atoms with van der Waals surface area (Å²) in [5.41, 5.74) is -1.03. The second-order valence-electron chi connectivity index (χ2n) is 5.71. The quantitative estimate of drug-likeness (QED) is 0.560. The lowest BCUT2D eigenvalue weighted by Gasteiger charge is -2.35. The smallest absolute Gasteiger partial charge is 0.329 e. The Labute approximate surface area is 123 Å². The summed E-state index contributed by atoms with van der Waals surface area (Å²) in [6, 6.07) is 0. The van der Waals surface area contributed by atoms with Crippen LogP contribution in [-0.4, -0.2) is 39.2 Å². The lowest BCUT2D eigenvalue weighted by atomic mass is 9.79. The highest BCUT2D eigenvalue weighted by Crippen LogP contribution is 2.33. The van der Waals surface area contributed by atoms with Gasteiger partial charge in [-0.1, -0.05) is 19.8 Å². The highest BCUT2D eigenvalue weighted by molar-refractivity contribution is 5.57. The van der Waals surface area contributed by atoms with E-state index in [1.807, 2.05) is 0 Å².